The molecule has 1 heterocycles. The summed E-state index contributed by atoms with van der Waals surface area (Å²) in [6, 6.07) is 0. The number of anilines is 2. The zero-order valence-corrected chi connectivity index (χ0v) is 23.8. The summed E-state index contributed by atoms with van der Waals surface area (Å²) in [4.78, 5) is 29.5. The van der Waals surface area contributed by atoms with Crippen LogP contribution in [0.1, 0.15) is 25.7 Å². The Morgan fingerprint density at radius 2 is 1.50 bits per heavy atom. The second-order valence-corrected chi connectivity index (χ2v) is 10.1. The number of halogens is 3. The fraction of sp³-hybridized carbons (Fsp3) is 0.579. The van der Waals surface area contributed by atoms with Crippen LogP contribution in [0.5, 0.6) is 0 Å². The molecule has 2 rings (SSSR count). The maximum absolute atomic E-state index is 12.1. The standard InChI is InChI=1S/C19H26I3N3O5/c1-11(26)23(3)17-14(20)13(15(21)18(16(17)22)24(4)12(2)27)19(28)30-10-7-25-5-8-29-9-6-25/h19,28H,5-10H2,1-4H3. The van der Waals surface area contributed by atoms with Crippen molar-refractivity contribution in [2.45, 2.75) is 20.1 Å². The zero-order chi connectivity index (χ0) is 22.6. The van der Waals surface area contributed by atoms with E-state index in [0.717, 1.165) is 23.8 Å². The van der Waals surface area contributed by atoms with E-state index >= 15 is 0 Å². The van der Waals surface area contributed by atoms with Crippen LogP contribution < -0.4 is 9.80 Å². The van der Waals surface area contributed by atoms with E-state index in [0.29, 0.717) is 43.3 Å². The average Bonchev–Trinajstić information content (AvgIpc) is 2.68. The first-order chi connectivity index (χ1) is 14.1. The van der Waals surface area contributed by atoms with Gasteiger partial charge in [0.2, 0.25) is 11.8 Å². The van der Waals surface area contributed by atoms with E-state index < -0.39 is 6.29 Å². The first kappa shape index (κ1) is 26.4. The zero-order valence-electron chi connectivity index (χ0n) is 17.4. The molecule has 1 saturated heterocycles. The van der Waals surface area contributed by atoms with Crippen LogP contribution in [0.2, 0.25) is 0 Å². The third-order valence-corrected chi connectivity index (χ3v) is 8.16. The number of aliphatic hydroxyl groups excluding tert-OH is 1. The molecule has 1 N–H and O–H groups in total. The summed E-state index contributed by atoms with van der Waals surface area (Å²) in [5.74, 6) is -0.283. The molecule has 1 atom stereocenters. The van der Waals surface area contributed by atoms with Gasteiger partial charge in [0.15, 0.2) is 6.29 Å². The number of nitrogens with zero attached hydrogens (tertiary/aromatic N) is 3. The maximum atomic E-state index is 12.1. The summed E-state index contributed by atoms with van der Waals surface area (Å²) in [7, 11) is 3.36. The summed E-state index contributed by atoms with van der Waals surface area (Å²) < 4.78 is 13.3. The van der Waals surface area contributed by atoms with Crippen LogP contribution in [-0.4, -0.2) is 75.4 Å². The van der Waals surface area contributed by atoms with E-state index in [2.05, 4.69) is 72.7 Å². The second kappa shape index (κ2) is 11.9. The Balaban J connectivity index is 2.40. The molecule has 1 unspecified atom stereocenters. The Kier molecular flexibility index (Phi) is 10.5. The summed E-state index contributed by atoms with van der Waals surface area (Å²) >= 11 is 6.42. The molecule has 0 aliphatic carbocycles. The second-order valence-electron chi connectivity index (χ2n) is 6.89. The number of benzene rings is 1. The van der Waals surface area contributed by atoms with E-state index in [4.69, 9.17) is 9.47 Å². The molecule has 0 aromatic heterocycles. The molecule has 11 heteroatoms. The number of rotatable bonds is 7. The van der Waals surface area contributed by atoms with Crippen molar-refractivity contribution in [1.82, 2.24) is 4.90 Å². The molecule has 0 radical (unpaired) electrons. The van der Waals surface area contributed by atoms with Gasteiger partial charge in [0.05, 0.1) is 34.8 Å². The highest BCUT2D eigenvalue weighted by molar-refractivity contribution is 14.1. The molecule has 0 spiro atoms. The Bertz CT molecular complexity index is 755. The molecule has 1 aliphatic rings. The largest absolute Gasteiger partial charge is 0.379 e. The lowest BCUT2D eigenvalue weighted by atomic mass is 10.1. The number of amides is 2. The minimum Gasteiger partial charge on any atom is -0.379 e. The van der Waals surface area contributed by atoms with Crippen molar-refractivity contribution in [3.8, 4) is 0 Å². The lowest BCUT2D eigenvalue weighted by Gasteiger charge is -2.30. The Morgan fingerprint density at radius 1 is 1.03 bits per heavy atom. The van der Waals surface area contributed by atoms with Gasteiger partial charge < -0.3 is 24.4 Å². The maximum Gasteiger partial charge on any atom is 0.223 e. The summed E-state index contributed by atoms with van der Waals surface area (Å²) in [5.41, 5.74) is 1.86. The predicted molar refractivity (Wildman–Crippen MR) is 141 cm³/mol. The number of carbonyl (C=O) groups is 2. The molecule has 2 amide bonds. The molecule has 0 saturated carbocycles. The smallest absolute Gasteiger partial charge is 0.223 e. The van der Waals surface area contributed by atoms with Gasteiger partial charge in [-0.05, 0) is 67.8 Å². The number of hydrogen-bond acceptors (Lipinski definition) is 6. The fourth-order valence-corrected chi connectivity index (χ4v) is 8.12. The molecule has 1 aromatic rings. The van der Waals surface area contributed by atoms with Crippen molar-refractivity contribution in [3.63, 3.8) is 0 Å². The van der Waals surface area contributed by atoms with E-state index in [9.17, 15) is 14.7 Å². The Morgan fingerprint density at radius 3 is 1.93 bits per heavy atom. The molecule has 1 aromatic carbocycles. The molecule has 1 aliphatic heterocycles. The van der Waals surface area contributed by atoms with Gasteiger partial charge in [0.1, 0.15) is 0 Å². The van der Waals surface area contributed by atoms with E-state index in [-0.39, 0.29) is 11.8 Å². The summed E-state index contributed by atoms with van der Waals surface area (Å²) in [6.45, 7) is 7.11. The van der Waals surface area contributed by atoms with Gasteiger partial charge in [-0.3, -0.25) is 14.5 Å². The highest BCUT2D eigenvalue weighted by Gasteiger charge is 2.30. The van der Waals surface area contributed by atoms with Gasteiger partial charge in [0, 0.05) is 60.3 Å². The third kappa shape index (κ3) is 6.15. The molecule has 1 fully saturated rings. The Hall–Kier alpha value is 0.190. The normalized spacial score (nSPS) is 15.7. The highest BCUT2D eigenvalue weighted by atomic mass is 127. The highest BCUT2D eigenvalue weighted by Crippen LogP contribution is 2.44. The molecule has 8 nitrogen and oxygen atoms in total. The monoisotopic (exact) mass is 757 g/mol. The third-order valence-electron chi connectivity index (χ3n) is 4.95. The summed E-state index contributed by atoms with van der Waals surface area (Å²) in [6.07, 6.45) is -1.18. The predicted octanol–water partition coefficient (Wildman–Crippen LogP) is 2.81. The topological polar surface area (TPSA) is 82.6 Å². The fourth-order valence-electron chi connectivity index (χ4n) is 2.98. The van der Waals surface area contributed by atoms with E-state index in [1.807, 2.05) is 0 Å². The van der Waals surface area contributed by atoms with Crippen LogP contribution in [0.4, 0.5) is 11.4 Å². The summed E-state index contributed by atoms with van der Waals surface area (Å²) in [5, 5.41) is 10.9. The van der Waals surface area contributed by atoms with Crippen LogP contribution in [0.25, 0.3) is 0 Å². The van der Waals surface area contributed by atoms with Crippen molar-refractivity contribution >= 4 is 91.0 Å². The minimum atomic E-state index is -1.18. The lowest BCUT2D eigenvalue weighted by molar-refractivity contribution is -0.117. The van der Waals surface area contributed by atoms with Gasteiger partial charge >= 0.3 is 0 Å². The quantitative estimate of drug-likeness (QED) is 0.341. The lowest BCUT2D eigenvalue weighted by Crippen LogP contribution is -2.38. The van der Waals surface area contributed by atoms with Crippen molar-refractivity contribution in [3.05, 3.63) is 16.3 Å². The Labute approximate surface area is 218 Å². The molecule has 0 bridgehead atoms. The van der Waals surface area contributed by atoms with E-state index in [1.165, 1.54) is 23.6 Å². The van der Waals surface area contributed by atoms with Gasteiger partial charge in [0.25, 0.3) is 0 Å². The SMILES string of the molecule is CC(=O)N(C)c1c(I)c(C(O)OCCN2CCOCC2)c(I)c(N(C)C(C)=O)c1I. The van der Waals surface area contributed by atoms with Crippen LogP contribution in [0, 0.1) is 10.7 Å². The van der Waals surface area contributed by atoms with Crippen LogP contribution in [0.15, 0.2) is 0 Å². The first-order valence-corrected chi connectivity index (χ1v) is 12.6. The number of ether oxygens (including phenoxy) is 2. The number of morpholine rings is 1. The van der Waals surface area contributed by atoms with Crippen molar-refractivity contribution < 1.29 is 24.2 Å². The van der Waals surface area contributed by atoms with Gasteiger partial charge in [-0.2, -0.15) is 0 Å². The van der Waals surface area contributed by atoms with Crippen LogP contribution in [-0.2, 0) is 19.1 Å². The molecule has 168 valence electrons. The first-order valence-electron chi connectivity index (χ1n) is 9.36. The van der Waals surface area contributed by atoms with Crippen molar-refractivity contribution in [2.24, 2.45) is 0 Å². The van der Waals surface area contributed by atoms with Gasteiger partial charge in [-0.25, -0.2) is 0 Å². The average molecular weight is 757 g/mol. The van der Waals surface area contributed by atoms with Crippen LogP contribution >= 0.6 is 67.8 Å². The van der Waals surface area contributed by atoms with Crippen molar-refractivity contribution in [1.29, 1.82) is 0 Å². The molecule has 30 heavy (non-hydrogen) atoms. The van der Waals surface area contributed by atoms with Crippen LogP contribution in [0.3, 0.4) is 0 Å². The van der Waals surface area contributed by atoms with Gasteiger partial charge in [-0.15, -0.1) is 0 Å². The molecular weight excluding hydrogens is 731 g/mol. The number of carbonyl (C=O) groups excluding carboxylic acids is 2. The van der Waals surface area contributed by atoms with Gasteiger partial charge in [-0.1, -0.05) is 0 Å². The van der Waals surface area contributed by atoms with E-state index in [1.54, 1.807) is 14.1 Å². The number of aliphatic hydroxyl groups is 1. The minimum absolute atomic E-state index is 0.142. The van der Waals surface area contributed by atoms with Crippen molar-refractivity contribution in [2.75, 3.05) is 63.4 Å². The molecular formula is C19H26I3N3O5. The number of hydrogen-bond donors (Lipinski definition) is 1.